The second-order valence-corrected chi connectivity index (χ2v) is 9.42. The number of amides is 1. The van der Waals surface area contributed by atoms with E-state index in [0.717, 1.165) is 35.0 Å². The number of aromatic nitrogens is 2. The van der Waals surface area contributed by atoms with Crippen molar-refractivity contribution in [2.24, 2.45) is 0 Å². The fourth-order valence-electron chi connectivity index (χ4n) is 3.41. The van der Waals surface area contributed by atoms with Crippen molar-refractivity contribution in [2.75, 3.05) is 12.8 Å². The number of halogens is 1. The van der Waals surface area contributed by atoms with Gasteiger partial charge < -0.3 is 9.88 Å². The lowest BCUT2D eigenvalue weighted by Gasteiger charge is -2.17. The molecule has 1 amide bonds. The number of thiophene rings is 1. The summed E-state index contributed by atoms with van der Waals surface area (Å²) < 4.78 is 0. The molecule has 3 aromatic rings. The highest BCUT2D eigenvalue weighted by Crippen LogP contribution is 2.34. The average Bonchev–Trinajstić information content (AvgIpc) is 3.24. The minimum Gasteiger partial charge on any atom is -0.341 e. The Morgan fingerprint density at radius 2 is 2.11 bits per heavy atom. The van der Waals surface area contributed by atoms with Crippen LogP contribution in [0.5, 0.6) is 0 Å². The van der Waals surface area contributed by atoms with Crippen molar-refractivity contribution in [3.63, 3.8) is 0 Å². The maximum absolute atomic E-state index is 12.5. The molecule has 1 aliphatic carbocycles. The van der Waals surface area contributed by atoms with Gasteiger partial charge in [0.2, 0.25) is 5.91 Å². The van der Waals surface area contributed by atoms with Crippen LogP contribution in [-0.2, 0) is 29.9 Å². The zero-order chi connectivity index (χ0) is 19.7. The van der Waals surface area contributed by atoms with Crippen LogP contribution in [0.15, 0.2) is 29.1 Å². The molecule has 0 unspecified atom stereocenters. The van der Waals surface area contributed by atoms with Crippen LogP contribution in [0, 0.1) is 0 Å². The Morgan fingerprint density at radius 1 is 1.32 bits per heavy atom. The van der Waals surface area contributed by atoms with Crippen LogP contribution in [0.4, 0.5) is 0 Å². The van der Waals surface area contributed by atoms with Gasteiger partial charge in [0.25, 0.3) is 5.56 Å². The predicted octanol–water partition coefficient (Wildman–Crippen LogP) is 4.02. The zero-order valence-corrected chi connectivity index (χ0v) is 17.8. The third-order valence-electron chi connectivity index (χ3n) is 4.85. The number of hydrogen-bond donors (Lipinski definition) is 1. The molecule has 0 aliphatic heterocycles. The van der Waals surface area contributed by atoms with Gasteiger partial charge in [0, 0.05) is 23.5 Å². The third kappa shape index (κ3) is 4.11. The second-order valence-electron chi connectivity index (χ2n) is 6.92. The molecule has 1 aromatic carbocycles. The van der Waals surface area contributed by atoms with Gasteiger partial charge in [-0.05, 0) is 42.5 Å². The van der Waals surface area contributed by atoms with E-state index in [1.807, 2.05) is 24.3 Å². The number of nitrogens with zero attached hydrogens (tertiary/aromatic N) is 2. The van der Waals surface area contributed by atoms with Gasteiger partial charge in [-0.1, -0.05) is 23.7 Å². The summed E-state index contributed by atoms with van der Waals surface area (Å²) in [5, 5.41) is 1.45. The molecule has 2 heterocycles. The summed E-state index contributed by atoms with van der Waals surface area (Å²) in [5.41, 5.74) is 2.17. The molecule has 0 atom stereocenters. The van der Waals surface area contributed by atoms with Gasteiger partial charge >= 0.3 is 0 Å². The quantitative estimate of drug-likeness (QED) is 0.637. The van der Waals surface area contributed by atoms with Crippen molar-refractivity contribution >= 4 is 50.8 Å². The average molecular weight is 434 g/mol. The van der Waals surface area contributed by atoms with E-state index in [1.54, 1.807) is 23.3 Å². The monoisotopic (exact) mass is 433 g/mol. The maximum Gasteiger partial charge on any atom is 0.259 e. The lowest BCUT2D eigenvalue weighted by atomic mass is 10.2. The summed E-state index contributed by atoms with van der Waals surface area (Å²) in [6.07, 6.45) is 3.15. The van der Waals surface area contributed by atoms with Crippen LogP contribution in [0.25, 0.3) is 10.2 Å². The van der Waals surface area contributed by atoms with Crippen LogP contribution in [0.2, 0.25) is 5.02 Å². The fourth-order valence-corrected chi connectivity index (χ4v) is 5.65. The first-order chi connectivity index (χ1) is 13.5. The summed E-state index contributed by atoms with van der Waals surface area (Å²) in [6, 6.07) is 7.48. The smallest absolute Gasteiger partial charge is 0.259 e. The van der Waals surface area contributed by atoms with Gasteiger partial charge in [0.15, 0.2) is 0 Å². The van der Waals surface area contributed by atoms with Crippen molar-refractivity contribution in [2.45, 2.75) is 31.6 Å². The highest BCUT2D eigenvalue weighted by Gasteiger charge is 2.21. The van der Waals surface area contributed by atoms with Crippen LogP contribution in [0.3, 0.4) is 0 Å². The molecule has 0 spiro atoms. The summed E-state index contributed by atoms with van der Waals surface area (Å²) in [4.78, 5) is 36.2. The standard InChI is InChI=1S/C20H20ClN3O2S2/c1-24(9-12-5-7-13(21)8-6-12)17(25)11-27-10-16-22-19(26)18-14-3-2-4-15(14)28-20(18)23-16/h5-8H,2-4,9-11H2,1H3,(H,22,23,26). The van der Waals surface area contributed by atoms with Crippen LogP contribution in [0.1, 0.15) is 28.2 Å². The molecule has 0 radical (unpaired) electrons. The lowest BCUT2D eigenvalue weighted by Crippen LogP contribution is -2.27. The molecule has 0 bridgehead atoms. The molecule has 4 rings (SSSR count). The van der Waals surface area contributed by atoms with Gasteiger partial charge in [-0.3, -0.25) is 9.59 Å². The van der Waals surface area contributed by atoms with Crippen LogP contribution >= 0.6 is 34.7 Å². The minimum absolute atomic E-state index is 0.0403. The van der Waals surface area contributed by atoms with Gasteiger partial charge in [-0.15, -0.1) is 23.1 Å². The number of thioether (sulfide) groups is 1. The number of aryl methyl sites for hydroxylation is 2. The zero-order valence-electron chi connectivity index (χ0n) is 15.5. The first-order valence-corrected chi connectivity index (χ1v) is 11.5. The van der Waals surface area contributed by atoms with Crippen molar-refractivity contribution in [1.82, 2.24) is 14.9 Å². The number of H-pyrrole nitrogens is 1. The molecule has 0 saturated heterocycles. The Balaban J connectivity index is 1.35. The maximum atomic E-state index is 12.5. The summed E-state index contributed by atoms with van der Waals surface area (Å²) in [5.74, 6) is 1.52. The molecular formula is C20H20ClN3O2S2. The van der Waals surface area contributed by atoms with Crippen LogP contribution < -0.4 is 5.56 Å². The Kier molecular flexibility index (Phi) is 5.75. The lowest BCUT2D eigenvalue weighted by molar-refractivity contribution is -0.127. The molecule has 2 aromatic heterocycles. The number of hydrogen-bond acceptors (Lipinski definition) is 5. The Morgan fingerprint density at radius 3 is 2.89 bits per heavy atom. The van der Waals surface area contributed by atoms with E-state index in [4.69, 9.17) is 11.6 Å². The summed E-state index contributed by atoms with van der Waals surface area (Å²) >= 11 is 8.99. The molecule has 1 aliphatic rings. The first-order valence-electron chi connectivity index (χ1n) is 9.11. The van der Waals surface area contributed by atoms with Gasteiger partial charge in [0.1, 0.15) is 10.7 Å². The van der Waals surface area contributed by atoms with Crippen LogP contribution in [-0.4, -0.2) is 33.6 Å². The number of carbonyl (C=O) groups is 1. The largest absolute Gasteiger partial charge is 0.341 e. The highest BCUT2D eigenvalue weighted by atomic mass is 35.5. The molecule has 1 N–H and O–H groups in total. The SMILES string of the molecule is CN(Cc1ccc(Cl)cc1)C(=O)CSCc1nc2sc3c(c2c(=O)[nH]1)CCC3. The molecule has 0 fully saturated rings. The second kappa shape index (κ2) is 8.27. The first kappa shape index (κ1) is 19.5. The van der Waals surface area contributed by atoms with Gasteiger partial charge in [-0.2, -0.15) is 0 Å². The normalized spacial score (nSPS) is 13.1. The molecule has 8 heteroatoms. The Bertz CT molecular complexity index is 1080. The van der Waals surface area contributed by atoms with E-state index < -0.39 is 0 Å². The van der Waals surface area contributed by atoms with Gasteiger partial charge in [-0.25, -0.2) is 4.98 Å². The molecular weight excluding hydrogens is 414 g/mol. The van der Waals surface area contributed by atoms with Crippen molar-refractivity contribution in [1.29, 1.82) is 0 Å². The number of nitrogens with one attached hydrogen (secondary N) is 1. The predicted molar refractivity (Wildman–Crippen MR) is 116 cm³/mol. The number of benzene rings is 1. The highest BCUT2D eigenvalue weighted by molar-refractivity contribution is 7.99. The molecule has 28 heavy (non-hydrogen) atoms. The van der Waals surface area contributed by atoms with E-state index >= 15 is 0 Å². The van der Waals surface area contributed by atoms with E-state index in [1.165, 1.54) is 22.2 Å². The third-order valence-corrected chi connectivity index (χ3v) is 7.21. The van der Waals surface area contributed by atoms with Crippen molar-refractivity contribution in [3.8, 4) is 0 Å². The Labute approximate surface area is 176 Å². The van der Waals surface area contributed by atoms with E-state index in [2.05, 4.69) is 9.97 Å². The fraction of sp³-hybridized carbons (Fsp3) is 0.350. The number of rotatable bonds is 6. The summed E-state index contributed by atoms with van der Waals surface area (Å²) in [6.45, 7) is 0.540. The summed E-state index contributed by atoms with van der Waals surface area (Å²) in [7, 11) is 1.79. The number of aromatic amines is 1. The Hall–Kier alpha value is -1.83. The number of carbonyl (C=O) groups excluding carboxylic acids is 1. The molecule has 5 nitrogen and oxygen atoms in total. The van der Waals surface area contributed by atoms with Crippen molar-refractivity contribution < 1.29 is 4.79 Å². The van der Waals surface area contributed by atoms with E-state index in [-0.39, 0.29) is 11.5 Å². The van der Waals surface area contributed by atoms with Crippen molar-refractivity contribution in [3.05, 3.63) is 61.5 Å². The molecule has 0 saturated carbocycles. The topological polar surface area (TPSA) is 66.1 Å². The number of fused-ring (bicyclic) bond motifs is 3. The minimum atomic E-state index is -0.0498. The van der Waals surface area contributed by atoms with E-state index in [0.29, 0.717) is 28.9 Å². The van der Waals surface area contributed by atoms with Gasteiger partial charge in [0.05, 0.1) is 16.9 Å². The van der Waals surface area contributed by atoms with E-state index in [9.17, 15) is 9.59 Å². The molecule has 146 valence electrons.